The van der Waals surface area contributed by atoms with Gasteiger partial charge in [0, 0.05) is 13.1 Å². The summed E-state index contributed by atoms with van der Waals surface area (Å²) in [7, 11) is -3.34. The molecule has 8 nitrogen and oxygen atoms in total. The molecule has 2 amide bonds. The third-order valence-corrected chi connectivity index (χ3v) is 5.93. The summed E-state index contributed by atoms with van der Waals surface area (Å²) in [5.74, 6) is -0.335. The van der Waals surface area contributed by atoms with Crippen LogP contribution < -0.4 is 15.6 Å². The maximum atomic E-state index is 12.6. The van der Waals surface area contributed by atoms with E-state index in [9.17, 15) is 14.2 Å². The molecular weight excluding hydrogens is 455 g/mol. The summed E-state index contributed by atoms with van der Waals surface area (Å²) in [5.41, 5.74) is 7.87. The Hall–Kier alpha value is -3.61. The van der Waals surface area contributed by atoms with Crippen LogP contribution in [0.2, 0.25) is 0 Å². The molecule has 2 atom stereocenters. The van der Waals surface area contributed by atoms with Crippen molar-refractivity contribution in [3.63, 3.8) is 0 Å². The second kappa shape index (κ2) is 12.0. The molecule has 3 aromatic rings. The van der Waals surface area contributed by atoms with Gasteiger partial charge in [-0.1, -0.05) is 72.8 Å². The summed E-state index contributed by atoms with van der Waals surface area (Å²) in [6.07, 6.45) is -0.584. The fourth-order valence-electron chi connectivity index (χ4n) is 3.04. The maximum absolute atomic E-state index is 12.6. The van der Waals surface area contributed by atoms with E-state index in [1.807, 2.05) is 60.7 Å². The van der Waals surface area contributed by atoms with Gasteiger partial charge in [0.05, 0.1) is 6.61 Å². The number of nitrogens with one attached hydrogen (secondary N) is 1. The molecule has 0 heterocycles. The van der Waals surface area contributed by atoms with Crippen LogP contribution in [0.5, 0.6) is 5.75 Å². The number of ether oxygens (including phenoxy) is 1. The highest BCUT2D eigenvalue weighted by Gasteiger charge is 2.21. The minimum atomic E-state index is -3.34. The number of hydrogen-bond acceptors (Lipinski definition) is 6. The summed E-state index contributed by atoms with van der Waals surface area (Å²) in [6.45, 7) is 1.64. The van der Waals surface area contributed by atoms with Crippen molar-refractivity contribution in [2.75, 3.05) is 6.66 Å². The van der Waals surface area contributed by atoms with Crippen LogP contribution in [0, 0.1) is 0 Å². The smallest absolute Gasteiger partial charge is 0.408 e. The van der Waals surface area contributed by atoms with Crippen LogP contribution in [-0.4, -0.2) is 24.7 Å². The largest absolute Gasteiger partial charge is 0.445 e. The van der Waals surface area contributed by atoms with E-state index in [0.717, 1.165) is 16.7 Å². The summed E-state index contributed by atoms with van der Waals surface area (Å²) in [6, 6.07) is 24.2. The van der Waals surface area contributed by atoms with Crippen molar-refractivity contribution >= 4 is 19.6 Å². The standard InChI is InChI=1S/C25H27N2O6P/c1-34(30,32-18-21-10-6-3-7-11-21)33-22-14-12-19(13-15-22)16-23(24(26)28)27-25(29)31-17-20-8-4-2-5-9-20/h2-15,23H,16-18H2,1H3,(H2,26,28)(H,27,29)/t23-,34?/m0/s1. The first-order valence-corrected chi connectivity index (χ1v) is 12.6. The quantitative estimate of drug-likeness (QED) is 0.391. The molecule has 1 unspecified atom stereocenters. The number of hydrogen-bond donors (Lipinski definition) is 2. The van der Waals surface area contributed by atoms with Crippen LogP contribution in [0.15, 0.2) is 84.9 Å². The molecule has 0 spiro atoms. The van der Waals surface area contributed by atoms with E-state index in [-0.39, 0.29) is 19.6 Å². The molecule has 34 heavy (non-hydrogen) atoms. The molecule has 0 aliphatic heterocycles. The fraction of sp³-hybridized carbons (Fsp3) is 0.200. The molecular formula is C25H27N2O6P. The maximum Gasteiger partial charge on any atom is 0.408 e. The summed E-state index contributed by atoms with van der Waals surface area (Å²) >= 11 is 0. The fourth-order valence-corrected chi connectivity index (χ4v) is 3.98. The average Bonchev–Trinajstić information content (AvgIpc) is 2.83. The van der Waals surface area contributed by atoms with Gasteiger partial charge in [0.15, 0.2) is 0 Å². The van der Waals surface area contributed by atoms with Crippen molar-refractivity contribution in [2.24, 2.45) is 5.73 Å². The predicted octanol–water partition coefficient (Wildman–Crippen LogP) is 4.43. The Morgan fingerprint density at radius 3 is 1.97 bits per heavy atom. The lowest BCUT2D eigenvalue weighted by molar-refractivity contribution is -0.119. The van der Waals surface area contributed by atoms with Crippen molar-refractivity contribution in [1.82, 2.24) is 5.32 Å². The molecule has 3 aromatic carbocycles. The normalized spacial score (nSPS) is 13.3. The predicted molar refractivity (Wildman–Crippen MR) is 128 cm³/mol. The summed E-state index contributed by atoms with van der Waals surface area (Å²) < 4.78 is 28.8. The van der Waals surface area contributed by atoms with E-state index in [0.29, 0.717) is 5.75 Å². The Bertz CT molecular complexity index is 1120. The number of carbonyl (C=O) groups excluding carboxylic acids is 2. The van der Waals surface area contributed by atoms with Gasteiger partial charge in [-0.05, 0) is 28.8 Å². The summed E-state index contributed by atoms with van der Waals surface area (Å²) in [5, 5.41) is 2.49. The number of rotatable bonds is 11. The second-order valence-electron chi connectivity index (χ2n) is 7.63. The molecule has 9 heteroatoms. The number of nitrogens with two attached hydrogens (primary N) is 1. The van der Waals surface area contributed by atoms with Crippen LogP contribution >= 0.6 is 7.60 Å². The third-order valence-electron chi connectivity index (χ3n) is 4.79. The van der Waals surface area contributed by atoms with E-state index in [1.165, 1.54) is 6.66 Å². The zero-order valence-electron chi connectivity index (χ0n) is 18.8. The first-order valence-electron chi connectivity index (χ1n) is 10.6. The zero-order chi connectivity index (χ0) is 24.4. The average molecular weight is 482 g/mol. The van der Waals surface area contributed by atoms with Crippen molar-refractivity contribution < 1.29 is 27.9 Å². The molecule has 0 saturated heterocycles. The van der Waals surface area contributed by atoms with Gasteiger partial charge in [-0.2, -0.15) is 0 Å². The Morgan fingerprint density at radius 1 is 0.853 bits per heavy atom. The summed E-state index contributed by atoms with van der Waals surface area (Å²) in [4.78, 5) is 23.9. The third kappa shape index (κ3) is 8.39. The van der Waals surface area contributed by atoms with Gasteiger partial charge >= 0.3 is 13.7 Å². The molecule has 0 radical (unpaired) electrons. The molecule has 0 aliphatic carbocycles. The number of primary amides is 1. The van der Waals surface area contributed by atoms with E-state index < -0.39 is 25.6 Å². The highest BCUT2D eigenvalue weighted by molar-refractivity contribution is 7.53. The van der Waals surface area contributed by atoms with E-state index in [2.05, 4.69) is 5.32 Å². The van der Waals surface area contributed by atoms with Gasteiger partial charge in [0.2, 0.25) is 5.91 Å². The van der Waals surface area contributed by atoms with Gasteiger partial charge in [0.25, 0.3) is 0 Å². The first kappa shape index (κ1) is 25.0. The Kier molecular flexibility index (Phi) is 8.85. The van der Waals surface area contributed by atoms with Crippen molar-refractivity contribution in [1.29, 1.82) is 0 Å². The molecule has 0 saturated carbocycles. The monoisotopic (exact) mass is 482 g/mol. The minimum Gasteiger partial charge on any atom is -0.445 e. The number of alkyl carbamates (subject to hydrolysis) is 1. The number of amides is 2. The number of benzene rings is 3. The van der Waals surface area contributed by atoms with E-state index >= 15 is 0 Å². The van der Waals surface area contributed by atoms with Crippen molar-refractivity contribution in [3.8, 4) is 5.75 Å². The lowest BCUT2D eigenvalue weighted by Crippen LogP contribution is -2.46. The second-order valence-corrected chi connectivity index (χ2v) is 9.61. The SMILES string of the molecule is CP(=O)(OCc1ccccc1)Oc1ccc(C[C@H](NC(=O)OCc2ccccc2)C(N)=O)cc1. The van der Waals surface area contributed by atoms with Gasteiger partial charge < -0.3 is 20.3 Å². The zero-order valence-corrected chi connectivity index (χ0v) is 19.7. The van der Waals surface area contributed by atoms with Gasteiger partial charge in [-0.15, -0.1) is 0 Å². The van der Waals surface area contributed by atoms with Gasteiger partial charge in [0.1, 0.15) is 18.4 Å². The number of carbonyl (C=O) groups is 2. The topological polar surface area (TPSA) is 117 Å². The van der Waals surface area contributed by atoms with Gasteiger partial charge in [-0.3, -0.25) is 9.32 Å². The lowest BCUT2D eigenvalue weighted by atomic mass is 10.1. The van der Waals surface area contributed by atoms with Crippen LogP contribution in [0.4, 0.5) is 4.79 Å². The molecule has 178 valence electrons. The highest BCUT2D eigenvalue weighted by atomic mass is 31.2. The Labute approximate surface area is 198 Å². The first-order chi connectivity index (χ1) is 16.3. The Balaban J connectivity index is 1.51. The van der Waals surface area contributed by atoms with E-state index in [4.69, 9.17) is 19.5 Å². The Morgan fingerprint density at radius 2 is 1.41 bits per heavy atom. The van der Waals surface area contributed by atoms with Crippen LogP contribution in [0.3, 0.4) is 0 Å². The minimum absolute atomic E-state index is 0.0770. The highest BCUT2D eigenvalue weighted by Crippen LogP contribution is 2.45. The van der Waals surface area contributed by atoms with Gasteiger partial charge in [-0.25, -0.2) is 9.36 Å². The molecule has 0 fully saturated rings. The van der Waals surface area contributed by atoms with Crippen molar-refractivity contribution in [2.45, 2.75) is 25.7 Å². The van der Waals surface area contributed by atoms with Crippen molar-refractivity contribution in [3.05, 3.63) is 102 Å². The van der Waals surface area contributed by atoms with Crippen LogP contribution in [0.1, 0.15) is 16.7 Å². The molecule has 3 N–H and O–H groups in total. The molecule has 0 aliphatic rings. The van der Waals surface area contributed by atoms with E-state index in [1.54, 1.807) is 24.3 Å². The van der Waals surface area contributed by atoms with Crippen LogP contribution in [0.25, 0.3) is 0 Å². The lowest BCUT2D eigenvalue weighted by Gasteiger charge is -2.17. The van der Waals surface area contributed by atoms with Crippen LogP contribution in [-0.2, 0) is 38.3 Å². The molecule has 3 rings (SSSR count). The molecule has 0 bridgehead atoms. The molecule has 0 aromatic heterocycles.